The zero-order chi connectivity index (χ0) is 9.42. The van der Waals surface area contributed by atoms with Crippen LogP contribution in [0.1, 0.15) is 12.5 Å². The van der Waals surface area contributed by atoms with Gasteiger partial charge in [0.15, 0.2) is 0 Å². The number of hydrogen-bond donors (Lipinski definition) is 0. The summed E-state index contributed by atoms with van der Waals surface area (Å²) in [5, 5.41) is 4.17. The maximum atomic E-state index is 6.21. The van der Waals surface area contributed by atoms with E-state index in [4.69, 9.17) is 11.6 Å². The summed E-state index contributed by atoms with van der Waals surface area (Å²) in [7, 11) is 0. The van der Waals surface area contributed by atoms with Gasteiger partial charge in [-0.3, -0.25) is 0 Å². The molecule has 0 nitrogen and oxygen atoms in total. The fourth-order valence-corrected chi connectivity index (χ4v) is 3.27. The summed E-state index contributed by atoms with van der Waals surface area (Å²) < 4.78 is 2.22. The molecule has 0 aliphatic rings. The van der Waals surface area contributed by atoms with Gasteiger partial charge in [-0.05, 0) is 50.8 Å². The van der Waals surface area contributed by atoms with Crippen LogP contribution in [0, 0.1) is 0 Å². The first kappa shape index (κ1) is 9.50. The van der Waals surface area contributed by atoms with Gasteiger partial charge in [-0.15, -0.1) is 11.3 Å². The molecule has 0 saturated heterocycles. The van der Waals surface area contributed by atoms with Crippen molar-refractivity contribution in [1.82, 2.24) is 0 Å². The molecule has 1 aromatic heterocycles. The maximum Gasteiger partial charge on any atom is 0.0729 e. The largest absolute Gasteiger partial charge is 0.142 e. The lowest BCUT2D eigenvalue weighted by Crippen LogP contribution is -1.83. The molecule has 2 rings (SSSR count). The first-order valence-electron chi connectivity index (χ1n) is 4.08. The molecule has 2 aromatic rings. The van der Waals surface area contributed by atoms with Crippen LogP contribution in [-0.2, 0) is 6.42 Å². The number of aryl methyl sites for hydroxylation is 1. The monoisotopic (exact) mass is 274 g/mol. The van der Waals surface area contributed by atoms with E-state index in [1.807, 2.05) is 0 Å². The number of rotatable bonds is 1. The first-order chi connectivity index (χ1) is 6.24. The van der Waals surface area contributed by atoms with E-state index in [2.05, 4.69) is 40.4 Å². The van der Waals surface area contributed by atoms with Crippen molar-refractivity contribution in [2.45, 2.75) is 13.3 Å². The highest BCUT2D eigenvalue weighted by Crippen LogP contribution is 2.37. The third-order valence-electron chi connectivity index (χ3n) is 2.08. The van der Waals surface area contributed by atoms with E-state index in [1.54, 1.807) is 11.3 Å². The Morgan fingerprint density at radius 3 is 3.00 bits per heavy atom. The lowest BCUT2D eigenvalue weighted by Gasteiger charge is -2.04. The molecule has 0 fully saturated rings. The molecule has 0 radical (unpaired) electrons. The summed E-state index contributed by atoms with van der Waals surface area (Å²) in [4.78, 5) is 0. The molecule has 1 heterocycles. The van der Waals surface area contributed by atoms with Crippen LogP contribution in [-0.4, -0.2) is 0 Å². The molecule has 3 heteroatoms. The van der Waals surface area contributed by atoms with Crippen molar-refractivity contribution < 1.29 is 0 Å². The highest BCUT2D eigenvalue weighted by atomic mass is 79.9. The van der Waals surface area contributed by atoms with Gasteiger partial charge in [-0.2, -0.15) is 0 Å². The van der Waals surface area contributed by atoms with Crippen LogP contribution < -0.4 is 0 Å². The van der Waals surface area contributed by atoms with E-state index in [9.17, 15) is 0 Å². The highest BCUT2D eigenvalue weighted by molar-refractivity contribution is 9.10. The Morgan fingerprint density at radius 2 is 2.31 bits per heavy atom. The van der Waals surface area contributed by atoms with E-state index < -0.39 is 0 Å². The van der Waals surface area contributed by atoms with E-state index in [0.717, 1.165) is 15.9 Å². The molecule has 68 valence electrons. The summed E-state index contributed by atoms with van der Waals surface area (Å²) >= 11 is 11.4. The minimum absolute atomic E-state index is 0.851. The van der Waals surface area contributed by atoms with Crippen LogP contribution in [0.2, 0.25) is 5.02 Å². The second kappa shape index (κ2) is 3.60. The standard InChI is InChI=1S/C10H8BrClS/c1-2-6-5-7-3-4-13-10(7)9(12)8(6)11/h3-5H,2H2,1H3. The Kier molecular flexibility index (Phi) is 2.63. The Morgan fingerprint density at radius 1 is 1.54 bits per heavy atom. The van der Waals surface area contributed by atoms with Gasteiger partial charge in [0.2, 0.25) is 0 Å². The fraction of sp³-hybridized carbons (Fsp3) is 0.200. The molecule has 0 spiro atoms. The van der Waals surface area contributed by atoms with E-state index >= 15 is 0 Å². The third kappa shape index (κ3) is 1.51. The van der Waals surface area contributed by atoms with Gasteiger partial charge in [0.1, 0.15) is 0 Å². The van der Waals surface area contributed by atoms with Gasteiger partial charge in [-0.1, -0.05) is 18.5 Å². The van der Waals surface area contributed by atoms with Crippen molar-refractivity contribution in [1.29, 1.82) is 0 Å². The third-order valence-corrected chi connectivity index (χ3v) is 4.65. The van der Waals surface area contributed by atoms with Crippen molar-refractivity contribution in [2.75, 3.05) is 0 Å². The second-order valence-electron chi connectivity index (χ2n) is 2.86. The summed E-state index contributed by atoms with van der Waals surface area (Å²) in [5.41, 5.74) is 1.27. The van der Waals surface area contributed by atoms with Crippen LogP contribution in [0.3, 0.4) is 0 Å². The van der Waals surface area contributed by atoms with Crippen molar-refractivity contribution in [3.05, 3.63) is 32.6 Å². The van der Waals surface area contributed by atoms with E-state index in [-0.39, 0.29) is 0 Å². The van der Waals surface area contributed by atoms with Crippen LogP contribution >= 0.6 is 38.9 Å². The molecular formula is C10H8BrClS. The molecule has 0 aliphatic carbocycles. The topological polar surface area (TPSA) is 0 Å². The quantitative estimate of drug-likeness (QED) is 0.696. The second-order valence-corrected chi connectivity index (χ2v) is 4.94. The van der Waals surface area contributed by atoms with Gasteiger partial charge in [0.25, 0.3) is 0 Å². The van der Waals surface area contributed by atoms with Crippen LogP contribution in [0.4, 0.5) is 0 Å². The van der Waals surface area contributed by atoms with Gasteiger partial charge in [0, 0.05) is 4.47 Å². The number of thiophene rings is 1. The molecule has 0 saturated carbocycles. The number of hydrogen-bond acceptors (Lipinski definition) is 1. The molecule has 13 heavy (non-hydrogen) atoms. The van der Waals surface area contributed by atoms with E-state index in [1.165, 1.54) is 15.6 Å². The predicted molar refractivity (Wildman–Crippen MR) is 63.9 cm³/mol. The predicted octanol–water partition coefficient (Wildman–Crippen LogP) is 4.88. The lowest BCUT2D eigenvalue weighted by molar-refractivity contribution is 1.13. The average Bonchev–Trinajstić information content (AvgIpc) is 2.59. The molecular weight excluding hydrogens is 268 g/mol. The Hall–Kier alpha value is -0.0500. The molecule has 0 amide bonds. The Bertz CT molecular complexity index is 447. The first-order valence-corrected chi connectivity index (χ1v) is 6.13. The minimum Gasteiger partial charge on any atom is -0.142 e. The summed E-state index contributed by atoms with van der Waals surface area (Å²) in [5.74, 6) is 0. The molecule has 0 N–H and O–H groups in total. The summed E-state index contributed by atoms with van der Waals surface area (Å²) in [6, 6.07) is 4.30. The van der Waals surface area contributed by atoms with Gasteiger partial charge < -0.3 is 0 Å². The van der Waals surface area contributed by atoms with Crippen molar-refractivity contribution in [3.8, 4) is 0 Å². The zero-order valence-electron chi connectivity index (χ0n) is 7.10. The normalized spacial score (nSPS) is 11.0. The van der Waals surface area contributed by atoms with Crippen molar-refractivity contribution in [2.24, 2.45) is 0 Å². The Labute approximate surface area is 94.7 Å². The summed E-state index contributed by atoms with van der Waals surface area (Å²) in [6.07, 6.45) is 1.01. The van der Waals surface area contributed by atoms with Gasteiger partial charge in [0.05, 0.1) is 9.72 Å². The molecule has 0 bridgehead atoms. The smallest absolute Gasteiger partial charge is 0.0729 e. The van der Waals surface area contributed by atoms with Crippen molar-refractivity contribution in [3.63, 3.8) is 0 Å². The molecule has 0 atom stereocenters. The minimum atomic E-state index is 0.851. The zero-order valence-corrected chi connectivity index (χ0v) is 10.3. The highest BCUT2D eigenvalue weighted by Gasteiger charge is 2.08. The number of benzene rings is 1. The lowest BCUT2D eigenvalue weighted by atomic mass is 10.1. The van der Waals surface area contributed by atoms with Gasteiger partial charge in [-0.25, -0.2) is 0 Å². The molecule has 1 aromatic carbocycles. The molecule has 0 aliphatic heterocycles. The van der Waals surface area contributed by atoms with Gasteiger partial charge >= 0.3 is 0 Å². The average molecular weight is 276 g/mol. The van der Waals surface area contributed by atoms with Crippen LogP contribution in [0.5, 0.6) is 0 Å². The van der Waals surface area contributed by atoms with Crippen LogP contribution in [0.25, 0.3) is 10.1 Å². The SMILES string of the molecule is CCc1cc2ccsc2c(Cl)c1Br. The number of halogens is 2. The van der Waals surface area contributed by atoms with Crippen LogP contribution in [0.15, 0.2) is 22.0 Å². The Balaban J connectivity index is 2.83. The molecule has 0 unspecified atom stereocenters. The number of fused-ring (bicyclic) bond motifs is 1. The summed E-state index contributed by atoms with van der Waals surface area (Å²) in [6.45, 7) is 2.13. The van der Waals surface area contributed by atoms with E-state index in [0.29, 0.717) is 0 Å². The fourth-order valence-electron chi connectivity index (χ4n) is 1.36. The van der Waals surface area contributed by atoms with Crippen molar-refractivity contribution >= 4 is 49.0 Å². The maximum absolute atomic E-state index is 6.21.